The first kappa shape index (κ1) is 17.9. The number of hydrogen-bond acceptors (Lipinski definition) is 4. The zero-order chi connectivity index (χ0) is 18.8. The van der Waals surface area contributed by atoms with Crippen LogP contribution in [0.1, 0.15) is 37.9 Å². The number of aromatic nitrogens is 2. The smallest absolute Gasteiger partial charge is 0.237 e. The summed E-state index contributed by atoms with van der Waals surface area (Å²) < 4.78 is 13.1. The van der Waals surface area contributed by atoms with Crippen LogP contribution in [0.15, 0.2) is 53.6 Å². The number of nitrogens with one attached hydrogen (secondary N) is 1. The minimum Gasteiger partial charge on any atom is -0.325 e. The highest BCUT2D eigenvalue weighted by Crippen LogP contribution is 2.40. The van der Waals surface area contributed by atoms with Gasteiger partial charge in [0.1, 0.15) is 16.7 Å². The number of rotatable bonds is 6. The Bertz CT molecular complexity index is 973. The molecule has 1 aliphatic rings. The Labute approximate surface area is 161 Å². The van der Waals surface area contributed by atoms with Crippen molar-refractivity contribution in [2.45, 2.75) is 42.4 Å². The molecule has 1 N–H and O–H groups in total. The van der Waals surface area contributed by atoms with E-state index in [-0.39, 0.29) is 17.0 Å². The monoisotopic (exact) mass is 381 g/mol. The molecule has 2 aromatic carbocycles. The summed E-state index contributed by atoms with van der Waals surface area (Å²) in [7, 11) is 0. The number of anilines is 1. The van der Waals surface area contributed by atoms with Gasteiger partial charge in [-0.25, -0.2) is 14.4 Å². The van der Waals surface area contributed by atoms with Gasteiger partial charge in [0.25, 0.3) is 0 Å². The standard InChI is InChI=1S/C21H20FN3OS/c1-2-18(20(26)23-15-11-9-14(22)10-12-15)27-21-16-5-3-4-6-17(16)24-19(25-21)13-7-8-13/h3-6,9-13,18H,2,7-8H2,1H3,(H,23,26). The third-order valence-corrected chi connectivity index (χ3v) is 5.92. The molecule has 1 unspecified atom stereocenters. The number of fused-ring (bicyclic) bond motifs is 1. The van der Waals surface area contributed by atoms with Crippen LogP contribution >= 0.6 is 11.8 Å². The molecule has 4 nitrogen and oxygen atoms in total. The predicted molar refractivity (Wildman–Crippen MR) is 106 cm³/mol. The number of carbonyl (C=O) groups excluding carboxylic acids is 1. The Morgan fingerprint density at radius 2 is 1.93 bits per heavy atom. The Balaban J connectivity index is 1.59. The molecule has 3 aromatic rings. The molecule has 138 valence electrons. The van der Waals surface area contributed by atoms with E-state index >= 15 is 0 Å². The molecule has 1 aliphatic carbocycles. The molecule has 1 aromatic heterocycles. The van der Waals surface area contributed by atoms with Crippen molar-refractivity contribution in [2.75, 3.05) is 5.32 Å². The number of benzene rings is 2. The molecule has 0 aliphatic heterocycles. The van der Waals surface area contributed by atoms with Crippen molar-refractivity contribution in [1.29, 1.82) is 0 Å². The van der Waals surface area contributed by atoms with Crippen LogP contribution in [0.2, 0.25) is 0 Å². The average molecular weight is 381 g/mol. The summed E-state index contributed by atoms with van der Waals surface area (Å²) in [6.07, 6.45) is 2.92. The number of thioether (sulfide) groups is 1. The van der Waals surface area contributed by atoms with Gasteiger partial charge in [-0.1, -0.05) is 36.9 Å². The van der Waals surface area contributed by atoms with E-state index in [1.165, 1.54) is 23.9 Å². The quantitative estimate of drug-likeness (QED) is 0.474. The highest BCUT2D eigenvalue weighted by atomic mass is 32.2. The number of hydrogen-bond donors (Lipinski definition) is 1. The zero-order valence-corrected chi connectivity index (χ0v) is 15.8. The minimum absolute atomic E-state index is 0.107. The first-order chi connectivity index (χ1) is 13.1. The maximum absolute atomic E-state index is 13.1. The van der Waals surface area contributed by atoms with Gasteiger partial charge in [0.15, 0.2) is 0 Å². The molecule has 0 bridgehead atoms. The van der Waals surface area contributed by atoms with Crippen LogP contribution in [0.4, 0.5) is 10.1 Å². The van der Waals surface area contributed by atoms with Gasteiger partial charge in [-0.2, -0.15) is 0 Å². The summed E-state index contributed by atoms with van der Waals surface area (Å²) in [4.78, 5) is 22.2. The highest BCUT2D eigenvalue weighted by molar-refractivity contribution is 8.00. The Kier molecular flexibility index (Phi) is 5.07. The molecule has 0 saturated heterocycles. The maximum Gasteiger partial charge on any atom is 0.237 e. The van der Waals surface area contributed by atoms with Crippen LogP contribution in [0, 0.1) is 5.82 Å². The predicted octanol–water partition coefficient (Wildman–Crippen LogP) is 5.16. The fraction of sp³-hybridized carbons (Fsp3) is 0.286. The third kappa shape index (κ3) is 4.11. The number of amides is 1. The molecule has 27 heavy (non-hydrogen) atoms. The highest BCUT2D eigenvalue weighted by Gasteiger charge is 2.28. The van der Waals surface area contributed by atoms with E-state index in [0.29, 0.717) is 18.0 Å². The molecule has 1 fully saturated rings. The number of nitrogens with zero attached hydrogens (tertiary/aromatic N) is 2. The number of halogens is 1. The van der Waals surface area contributed by atoms with Crippen LogP contribution < -0.4 is 5.32 Å². The van der Waals surface area contributed by atoms with Gasteiger partial charge in [-0.3, -0.25) is 4.79 Å². The van der Waals surface area contributed by atoms with Crippen LogP contribution in [0.5, 0.6) is 0 Å². The van der Waals surface area contributed by atoms with Crippen LogP contribution in [0.25, 0.3) is 10.9 Å². The van der Waals surface area contributed by atoms with Crippen molar-refractivity contribution in [3.05, 3.63) is 60.2 Å². The Morgan fingerprint density at radius 3 is 2.63 bits per heavy atom. The molecule has 0 radical (unpaired) electrons. The normalized spacial score (nSPS) is 14.9. The molecular formula is C21H20FN3OS. The summed E-state index contributed by atoms with van der Waals surface area (Å²) in [6, 6.07) is 13.7. The van der Waals surface area contributed by atoms with E-state index in [0.717, 1.165) is 34.6 Å². The largest absolute Gasteiger partial charge is 0.325 e. The van der Waals surface area contributed by atoms with Gasteiger partial charge < -0.3 is 5.32 Å². The lowest BCUT2D eigenvalue weighted by atomic mass is 10.2. The lowest BCUT2D eigenvalue weighted by Gasteiger charge is -2.16. The molecule has 0 spiro atoms. The molecule has 1 heterocycles. The molecule has 4 rings (SSSR count). The SMILES string of the molecule is CCC(Sc1nc(C2CC2)nc2ccccc12)C(=O)Nc1ccc(F)cc1. The van der Waals surface area contributed by atoms with Gasteiger partial charge in [0, 0.05) is 17.0 Å². The van der Waals surface area contributed by atoms with E-state index in [1.807, 2.05) is 31.2 Å². The van der Waals surface area contributed by atoms with Gasteiger partial charge in [-0.05, 0) is 49.6 Å². The van der Waals surface area contributed by atoms with E-state index in [9.17, 15) is 9.18 Å². The maximum atomic E-state index is 13.1. The molecule has 6 heteroatoms. The third-order valence-electron chi connectivity index (χ3n) is 4.56. The van der Waals surface area contributed by atoms with E-state index in [2.05, 4.69) is 5.32 Å². The van der Waals surface area contributed by atoms with Crippen molar-refractivity contribution in [1.82, 2.24) is 9.97 Å². The molecule has 1 atom stereocenters. The van der Waals surface area contributed by atoms with Crippen LogP contribution in [-0.4, -0.2) is 21.1 Å². The molecule has 1 saturated carbocycles. The lowest BCUT2D eigenvalue weighted by Crippen LogP contribution is -2.24. The fourth-order valence-corrected chi connectivity index (χ4v) is 3.94. The van der Waals surface area contributed by atoms with Crippen molar-refractivity contribution in [2.24, 2.45) is 0 Å². The summed E-state index contributed by atoms with van der Waals surface area (Å²) in [6.45, 7) is 1.98. The fourth-order valence-electron chi connectivity index (χ4n) is 2.89. The van der Waals surface area contributed by atoms with Gasteiger partial charge in [-0.15, -0.1) is 0 Å². The topological polar surface area (TPSA) is 54.9 Å². The number of para-hydroxylation sites is 1. The first-order valence-electron chi connectivity index (χ1n) is 9.14. The Hall–Kier alpha value is -2.47. The second kappa shape index (κ2) is 7.64. The minimum atomic E-state index is -0.325. The van der Waals surface area contributed by atoms with Gasteiger partial charge >= 0.3 is 0 Å². The molecular weight excluding hydrogens is 361 g/mol. The van der Waals surface area contributed by atoms with Crippen molar-refractivity contribution >= 4 is 34.3 Å². The van der Waals surface area contributed by atoms with Gasteiger partial charge in [0.2, 0.25) is 5.91 Å². The summed E-state index contributed by atoms with van der Waals surface area (Å²) in [5.74, 6) is 0.895. The summed E-state index contributed by atoms with van der Waals surface area (Å²) in [5.41, 5.74) is 1.51. The zero-order valence-electron chi connectivity index (χ0n) is 15.0. The Morgan fingerprint density at radius 1 is 1.19 bits per heavy atom. The average Bonchev–Trinajstić information content (AvgIpc) is 3.53. The summed E-state index contributed by atoms with van der Waals surface area (Å²) in [5, 5.41) is 4.40. The second-order valence-electron chi connectivity index (χ2n) is 6.69. The molecule has 1 amide bonds. The van der Waals surface area contributed by atoms with Crippen LogP contribution in [0.3, 0.4) is 0 Å². The van der Waals surface area contributed by atoms with E-state index < -0.39 is 0 Å². The summed E-state index contributed by atoms with van der Waals surface area (Å²) >= 11 is 1.47. The number of carbonyl (C=O) groups is 1. The van der Waals surface area contributed by atoms with Crippen LogP contribution in [-0.2, 0) is 4.79 Å². The van der Waals surface area contributed by atoms with Crippen molar-refractivity contribution in [3.63, 3.8) is 0 Å². The van der Waals surface area contributed by atoms with Crippen molar-refractivity contribution < 1.29 is 9.18 Å². The first-order valence-corrected chi connectivity index (χ1v) is 10.0. The van der Waals surface area contributed by atoms with E-state index in [1.54, 1.807) is 12.1 Å². The van der Waals surface area contributed by atoms with Crippen molar-refractivity contribution in [3.8, 4) is 0 Å². The van der Waals surface area contributed by atoms with Gasteiger partial charge in [0.05, 0.1) is 10.8 Å². The lowest BCUT2D eigenvalue weighted by molar-refractivity contribution is -0.115. The second-order valence-corrected chi connectivity index (χ2v) is 7.88. The van der Waals surface area contributed by atoms with E-state index in [4.69, 9.17) is 9.97 Å².